The first-order valence-electron chi connectivity index (χ1n) is 5.71. The van der Waals surface area contributed by atoms with E-state index in [0.717, 1.165) is 18.7 Å². The normalized spacial score (nSPS) is 25.8. The van der Waals surface area contributed by atoms with Crippen molar-refractivity contribution in [2.75, 3.05) is 6.54 Å². The highest BCUT2D eigenvalue weighted by atomic mass is 16.5. The zero-order valence-corrected chi connectivity index (χ0v) is 9.44. The van der Waals surface area contributed by atoms with Gasteiger partial charge in [-0.3, -0.25) is 0 Å². The van der Waals surface area contributed by atoms with Crippen LogP contribution in [0, 0.1) is 5.92 Å². The molecule has 0 bridgehead atoms. The Bertz CT molecular complexity index is 297. The van der Waals surface area contributed by atoms with Crippen molar-refractivity contribution in [2.45, 2.75) is 32.4 Å². The summed E-state index contributed by atoms with van der Waals surface area (Å²) in [4.78, 5) is 0. The molecule has 1 saturated heterocycles. The Hall–Kier alpha value is -1.02. The van der Waals surface area contributed by atoms with Gasteiger partial charge in [0.2, 0.25) is 0 Å². The first-order valence-corrected chi connectivity index (χ1v) is 5.71. The summed E-state index contributed by atoms with van der Waals surface area (Å²) in [6, 6.07) is 10.7. The Morgan fingerprint density at radius 1 is 1.27 bits per heavy atom. The molecule has 0 saturated carbocycles. The quantitative estimate of drug-likeness (QED) is 0.818. The van der Waals surface area contributed by atoms with Crippen LogP contribution >= 0.6 is 0 Å². The molecular formula is C13H19NO. The maximum Gasteiger partial charge on any atom is 0.119 e. The van der Waals surface area contributed by atoms with E-state index in [1.807, 2.05) is 30.3 Å². The van der Waals surface area contributed by atoms with E-state index in [1.54, 1.807) is 0 Å². The summed E-state index contributed by atoms with van der Waals surface area (Å²) in [6.07, 6.45) is 1.45. The Kier molecular flexibility index (Phi) is 3.27. The van der Waals surface area contributed by atoms with Crippen molar-refractivity contribution in [1.82, 2.24) is 5.32 Å². The molecule has 82 valence electrons. The molecule has 15 heavy (non-hydrogen) atoms. The van der Waals surface area contributed by atoms with Crippen LogP contribution in [-0.4, -0.2) is 18.7 Å². The summed E-state index contributed by atoms with van der Waals surface area (Å²) in [5.41, 5.74) is 0. The van der Waals surface area contributed by atoms with Gasteiger partial charge in [-0.1, -0.05) is 32.0 Å². The number of hydrogen-bond donors (Lipinski definition) is 1. The molecule has 2 heteroatoms. The molecule has 0 radical (unpaired) electrons. The predicted molar refractivity (Wildman–Crippen MR) is 62.1 cm³/mol. The molecule has 2 atom stereocenters. The molecule has 1 N–H and O–H groups in total. The van der Waals surface area contributed by atoms with Gasteiger partial charge < -0.3 is 10.1 Å². The summed E-state index contributed by atoms with van der Waals surface area (Å²) in [7, 11) is 0. The first kappa shape index (κ1) is 10.5. The molecule has 0 aromatic heterocycles. The molecule has 0 amide bonds. The SMILES string of the molecule is CC(C)C1CC(Oc2ccccc2)CN1. The Morgan fingerprint density at radius 3 is 2.60 bits per heavy atom. The third-order valence-corrected chi connectivity index (χ3v) is 2.98. The monoisotopic (exact) mass is 205 g/mol. The minimum atomic E-state index is 0.333. The second kappa shape index (κ2) is 4.67. The zero-order valence-electron chi connectivity index (χ0n) is 9.44. The van der Waals surface area contributed by atoms with Gasteiger partial charge in [-0.25, -0.2) is 0 Å². The molecule has 1 fully saturated rings. The maximum atomic E-state index is 5.89. The number of nitrogens with one attached hydrogen (secondary N) is 1. The van der Waals surface area contributed by atoms with E-state index in [0.29, 0.717) is 18.1 Å². The van der Waals surface area contributed by atoms with Crippen molar-refractivity contribution in [3.63, 3.8) is 0 Å². The lowest BCUT2D eigenvalue weighted by molar-refractivity contribution is 0.217. The molecule has 1 aromatic rings. The zero-order chi connectivity index (χ0) is 10.7. The first-order chi connectivity index (χ1) is 7.25. The van der Waals surface area contributed by atoms with Crippen molar-refractivity contribution < 1.29 is 4.74 Å². The van der Waals surface area contributed by atoms with Crippen molar-refractivity contribution in [1.29, 1.82) is 0 Å². The average Bonchev–Trinajstić information content (AvgIpc) is 2.68. The van der Waals surface area contributed by atoms with Gasteiger partial charge in [0.15, 0.2) is 0 Å². The molecule has 1 aliphatic rings. The number of benzene rings is 1. The van der Waals surface area contributed by atoms with E-state index in [4.69, 9.17) is 4.74 Å². The van der Waals surface area contributed by atoms with Gasteiger partial charge >= 0.3 is 0 Å². The highest BCUT2D eigenvalue weighted by molar-refractivity contribution is 5.21. The number of ether oxygens (including phenoxy) is 1. The van der Waals surface area contributed by atoms with Gasteiger partial charge in [0.05, 0.1) is 0 Å². The second-order valence-corrected chi connectivity index (χ2v) is 4.55. The fourth-order valence-corrected chi connectivity index (χ4v) is 2.02. The summed E-state index contributed by atoms with van der Waals surface area (Å²) in [5.74, 6) is 1.67. The van der Waals surface area contributed by atoms with Gasteiger partial charge in [-0.2, -0.15) is 0 Å². The number of hydrogen-bond acceptors (Lipinski definition) is 2. The standard InChI is InChI=1S/C13H19NO/c1-10(2)13-8-12(9-14-13)15-11-6-4-3-5-7-11/h3-7,10,12-14H,8-9H2,1-2H3. The second-order valence-electron chi connectivity index (χ2n) is 4.55. The van der Waals surface area contributed by atoms with Crippen LogP contribution in [-0.2, 0) is 0 Å². The molecule has 0 spiro atoms. The van der Waals surface area contributed by atoms with Crippen molar-refractivity contribution in [3.05, 3.63) is 30.3 Å². The van der Waals surface area contributed by atoms with E-state index < -0.39 is 0 Å². The molecule has 1 aliphatic heterocycles. The van der Waals surface area contributed by atoms with Crippen LogP contribution in [0.15, 0.2) is 30.3 Å². The largest absolute Gasteiger partial charge is 0.489 e. The molecule has 2 nitrogen and oxygen atoms in total. The van der Waals surface area contributed by atoms with Crippen LogP contribution in [0.2, 0.25) is 0 Å². The summed E-state index contributed by atoms with van der Waals surface area (Å²) in [5, 5.41) is 3.50. The van der Waals surface area contributed by atoms with E-state index >= 15 is 0 Å². The molecule has 2 unspecified atom stereocenters. The van der Waals surface area contributed by atoms with E-state index in [9.17, 15) is 0 Å². The smallest absolute Gasteiger partial charge is 0.119 e. The highest BCUT2D eigenvalue weighted by Gasteiger charge is 2.27. The molecule has 1 heterocycles. The van der Waals surface area contributed by atoms with Crippen LogP contribution < -0.4 is 10.1 Å². The number of para-hydroxylation sites is 1. The molecule has 0 aliphatic carbocycles. The predicted octanol–water partition coefficient (Wildman–Crippen LogP) is 2.45. The van der Waals surface area contributed by atoms with Crippen molar-refractivity contribution >= 4 is 0 Å². The van der Waals surface area contributed by atoms with Crippen LogP contribution in [0.1, 0.15) is 20.3 Å². The minimum absolute atomic E-state index is 0.333. The van der Waals surface area contributed by atoms with Crippen LogP contribution in [0.5, 0.6) is 5.75 Å². The Morgan fingerprint density at radius 2 is 2.00 bits per heavy atom. The Balaban J connectivity index is 1.88. The summed E-state index contributed by atoms with van der Waals surface area (Å²) >= 11 is 0. The molecule has 2 rings (SSSR count). The lowest BCUT2D eigenvalue weighted by Crippen LogP contribution is -2.26. The van der Waals surface area contributed by atoms with E-state index in [2.05, 4.69) is 19.2 Å². The van der Waals surface area contributed by atoms with Crippen molar-refractivity contribution in [2.24, 2.45) is 5.92 Å². The minimum Gasteiger partial charge on any atom is -0.489 e. The Labute approximate surface area is 91.6 Å². The van der Waals surface area contributed by atoms with E-state index in [-0.39, 0.29) is 0 Å². The van der Waals surface area contributed by atoms with E-state index in [1.165, 1.54) is 0 Å². The molecule has 1 aromatic carbocycles. The lowest BCUT2D eigenvalue weighted by atomic mass is 10.0. The van der Waals surface area contributed by atoms with Crippen molar-refractivity contribution in [3.8, 4) is 5.75 Å². The van der Waals surface area contributed by atoms with Crippen LogP contribution in [0.3, 0.4) is 0 Å². The fourth-order valence-electron chi connectivity index (χ4n) is 2.02. The fraction of sp³-hybridized carbons (Fsp3) is 0.538. The summed E-state index contributed by atoms with van der Waals surface area (Å²) < 4.78 is 5.89. The lowest BCUT2D eigenvalue weighted by Gasteiger charge is -2.15. The van der Waals surface area contributed by atoms with Gasteiger partial charge in [-0.15, -0.1) is 0 Å². The van der Waals surface area contributed by atoms with Gasteiger partial charge in [0.25, 0.3) is 0 Å². The highest BCUT2D eigenvalue weighted by Crippen LogP contribution is 2.19. The number of rotatable bonds is 3. The van der Waals surface area contributed by atoms with Crippen LogP contribution in [0.4, 0.5) is 0 Å². The third-order valence-electron chi connectivity index (χ3n) is 2.98. The average molecular weight is 205 g/mol. The van der Waals surface area contributed by atoms with Gasteiger partial charge in [0.1, 0.15) is 11.9 Å². The molecular weight excluding hydrogens is 186 g/mol. The maximum absolute atomic E-state index is 5.89. The van der Waals surface area contributed by atoms with Gasteiger partial charge in [-0.05, 0) is 18.1 Å². The summed E-state index contributed by atoms with van der Waals surface area (Å²) in [6.45, 7) is 5.48. The van der Waals surface area contributed by atoms with Crippen LogP contribution in [0.25, 0.3) is 0 Å². The van der Waals surface area contributed by atoms with Gasteiger partial charge in [0, 0.05) is 19.0 Å². The third kappa shape index (κ3) is 2.72. The topological polar surface area (TPSA) is 21.3 Å².